The highest BCUT2D eigenvalue weighted by atomic mass is 35.5. The molecule has 0 saturated carbocycles. The molecular formula is C17H12Cl2F2N4S. The maximum Gasteiger partial charge on any atom is 0.176 e. The lowest BCUT2D eigenvalue weighted by Gasteiger charge is -2.09. The molecule has 1 aromatic heterocycles. The normalized spacial score (nSPS) is 10.6. The monoisotopic (exact) mass is 412 g/mol. The van der Waals surface area contributed by atoms with Crippen LogP contribution >= 0.6 is 35.4 Å². The van der Waals surface area contributed by atoms with E-state index in [2.05, 4.69) is 15.7 Å². The highest BCUT2D eigenvalue weighted by Gasteiger charge is 2.07. The van der Waals surface area contributed by atoms with Gasteiger partial charge in [-0.1, -0.05) is 29.3 Å². The minimum atomic E-state index is -0.505. The van der Waals surface area contributed by atoms with E-state index in [9.17, 15) is 8.78 Å². The fraction of sp³-hybridized carbons (Fsp3) is 0.0588. The average molecular weight is 413 g/mol. The predicted octanol–water partition coefficient (Wildman–Crippen LogP) is 5.33. The van der Waals surface area contributed by atoms with Gasteiger partial charge >= 0.3 is 0 Å². The Hall–Kier alpha value is -2.22. The van der Waals surface area contributed by atoms with Crippen molar-refractivity contribution >= 4 is 52.0 Å². The topological polar surface area (TPSA) is 41.9 Å². The minimum absolute atomic E-state index is 0.00162. The highest BCUT2D eigenvalue weighted by molar-refractivity contribution is 7.80. The molecule has 2 aromatic carbocycles. The Morgan fingerprint density at radius 1 is 1.04 bits per heavy atom. The number of nitrogens with zero attached hydrogens (tertiary/aromatic N) is 2. The summed E-state index contributed by atoms with van der Waals surface area (Å²) in [5.74, 6) is -0.387. The molecule has 9 heteroatoms. The third-order valence-electron chi connectivity index (χ3n) is 3.41. The first-order chi connectivity index (χ1) is 12.4. The summed E-state index contributed by atoms with van der Waals surface area (Å²) in [4.78, 5) is 0. The molecule has 1 heterocycles. The lowest BCUT2D eigenvalue weighted by Crippen LogP contribution is -2.19. The standard InChI is InChI=1S/C17H12Cl2F2N4S/c18-13-7-11(20)2-1-10(13)9-25-6-5-16(24-25)23-17(26)22-12-3-4-15(21)14(19)8-12/h1-8H,9H2,(H2,22,23,24,26). The number of hydrogen-bond donors (Lipinski definition) is 2. The summed E-state index contributed by atoms with van der Waals surface area (Å²) >= 11 is 16.9. The van der Waals surface area contributed by atoms with Crippen LogP contribution in [0.2, 0.25) is 10.0 Å². The van der Waals surface area contributed by atoms with Crippen LogP contribution in [0.4, 0.5) is 20.3 Å². The molecule has 2 N–H and O–H groups in total. The van der Waals surface area contributed by atoms with E-state index in [1.165, 1.54) is 30.3 Å². The summed E-state index contributed by atoms with van der Waals surface area (Å²) in [6.07, 6.45) is 1.74. The van der Waals surface area contributed by atoms with Gasteiger partial charge in [-0.3, -0.25) is 4.68 Å². The number of aromatic nitrogens is 2. The van der Waals surface area contributed by atoms with Gasteiger partial charge in [0.15, 0.2) is 10.9 Å². The Balaban J connectivity index is 1.62. The fourth-order valence-electron chi connectivity index (χ4n) is 2.19. The van der Waals surface area contributed by atoms with Crippen molar-refractivity contribution in [3.8, 4) is 0 Å². The SMILES string of the molecule is Fc1ccc(Cn2ccc(NC(=S)Nc3ccc(F)c(Cl)c3)n2)c(Cl)c1. The van der Waals surface area contributed by atoms with Crippen LogP contribution in [0.3, 0.4) is 0 Å². The lowest BCUT2D eigenvalue weighted by molar-refractivity contribution is 0.624. The predicted molar refractivity (Wildman–Crippen MR) is 104 cm³/mol. The van der Waals surface area contributed by atoms with Crippen molar-refractivity contribution in [1.29, 1.82) is 0 Å². The van der Waals surface area contributed by atoms with Crippen molar-refractivity contribution in [2.24, 2.45) is 0 Å². The first-order valence-electron chi connectivity index (χ1n) is 7.41. The Morgan fingerprint density at radius 3 is 2.58 bits per heavy atom. The summed E-state index contributed by atoms with van der Waals surface area (Å²) < 4.78 is 27.9. The van der Waals surface area contributed by atoms with Gasteiger partial charge in [-0.05, 0) is 48.1 Å². The number of benzene rings is 2. The van der Waals surface area contributed by atoms with E-state index in [-0.39, 0.29) is 16.0 Å². The molecule has 0 aliphatic carbocycles. The molecule has 0 bridgehead atoms. The Labute approximate surface area is 163 Å². The van der Waals surface area contributed by atoms with E-state index < -0.39 is 5.82 Å². The van der Waals surface area contributed by atoms with E-state index in [1.54, 1.807) is 23.0 Å². The van der Waals surface area contributed by atoms with Gasteiger partial charge in [-0.25, -0.2) is 8.78 Å². The van der Waals surface area contributed by atoms with Crippen LogP contribution in [0.25, 0.3) is 0 Å². The van der Waals surface area contributed by atoms with Gasteiger partial charge in [0, 0.05) is 23.0 Å². The molecule has 0 spiro atoms. The zero-order valence-electron chi connectivity index (χ0n) is 13.1. The first kappa shape index (κ1) is 18.6. The molecule has 3 aromatic rings. The van der Waals surface area contributed by atoms with E-state index in [1.807, 2.05) is 0 Å². The molecule has 0 fully saturated rings. The maximum absolute atomic E-state index is 13.2. The van der Waals surface area contributed by atoms with E-state index in [0.717, 1.165) is 5.56 Å². The molecule has 0 aliphatic heterocycles. The second-order valence-corrected chi connectivity index (χ2v) is 6.56. The molecule has 3 rings (SSSR count). The average Bonchev–Trinajstić information content (AvgIpc) is 3.00. The van der Waals surface area contributed by atoms with Gasteiger partial charge < -0.3 is 10.6 Å². The van der Waals surface area contributed by atoms with Crippen molar-refractivity contribution in [1.82, 2.24) is 9.78 Å². The second kappa shape index (κ2) is 7.99. The van der Waals surface area contributed by atoms with Crippen molar-refractivity contribution in [2.45, 2.75) is 6.54 Å². The van der Waals surface area contributed by atoms with Gasteiger partial charge in [-0.2, -0.15) is 5.10 Å². The van der Waals surface area contributed by atoms with Crippen LogP contribution in [0, 0.1) is 11.6 Å². The van der Waals surface area contributed by atoms with Crippen molar-refractivity contribution < 1.29 is 8.78 Å². The zero-order chi connectivity index (χ0) is 18.7. The first-order valence-corrected chi connectivity index (χ1v) is 8.57. The van der Waals surface area contributed by atoms with Crippen molar-refractivity contribution in [3.05, 3.63) is 75.9 Å². The number of rotatable bonds is 4. The number of thiocarbonyl (C=S) groups is 1. The van der Waals surface area contributed by atoms with E-state index >= 15 is 0 Å². The van der Waals surface area contributed by atoms with Crippen molar-refractivity contribution in [3.63, 3.8) is 0 Å². The maximum atomic E-state index is 13.2. The number of anilines is 2. The Morgan fingerprint density at radius 2 is 1.85 bits per heavy atom. The number of halogens is 4. The van der Waals surface area contributed by atoms with Crippen LogP contribution in [0.5, 0.6) is 0 Å². The molecule has 0 amide bonds. The quantitative estimate of drug-likeness (QED) is 0.568. The molecule has 134 valence electrons. The van der Waals surface area contributed by atoms with Gasteiger partial charge in [0.05, 0.1) is 11.6 Å². The van der Waals surface area contributed by atoms with Crippen LogP contribution < -0.4 is 10.6 Å². The minimum Gasteiger partial charge on any atom is -0.332 e. The number of nitrogens with one attached hydrogen (secondary N) is 2. The molecule has 0 radical (unpaired) electrons. The van der Waals surface area contributed by atoms with E-state index in [0.29, 0.717) is 23.1 Å². The van der Waals surface area contributed by atoms with Crippen LogP contribution in [-0.4, -0.2) is 14.9 Å². The van der Waals surface area contributed by atoms with Crippen LogP contribution in [0.15, 0.2) is 48.7 Å². The van der Waals surface area contributed by atoms with Gasteiger partial charge in [-0.15, -0.1) is 0 Å². The summed E-state index contributed by atoms with van der Waals surface area (Å²) in [7, 11) is 0. The largest absolute Gasteiger partial charge is 0.332 e. The molecular weight excluding hydrogens is 401 g/mol. The molecule has 0 aliphatic rings. The van der Waals surface area contributed by atoms with Crippen LogP contribution in [-0.2, 0) is 6.54 Å². The zero-order valence-corrected chi connectivity index (χ0v) is 15.5. The number of hydrogen-bond acceptors (Lipinski definition) is 2. The van der Waals surface area contributed by atoms with Gasteiger partial charge in [0.1, 0.15) is 11.6 Å². The molecule has 0 saturated heterocycles. The summed E-state index contributed by atoms with van der Waals surface area (Å²) in [6, 6.07) is 10.1. The second-order valence-electron chi connectivity index (χ2n) is 5.34. The smallest absolute Gasteiger partial charge is 0.176 e. The molecule has 26 heavy (non-hydrogen) atoms. The van der Waals surface area contributed by atoms with Gasteiger partial charge in [0.25, 0.3) is 0 Å². The Bertz CT molecular complexity index is 962. The summed E-state index contributed by atoms with van der Waals surface area (Å²) in [6.45, 7) is 0.383. The Kier molecular flexibility index (Phi) is 5.70. The summed E-state index contributed by atoms with van der Waals surface area (Å²) in [5.41, 5.74) is 1.29. The van der Waals surface area contributed by atoms with Crippen LogP contribution in [0.1, 0.15) is 5.56 Å². The van der Waals surface area contributed by atoms with Gasteiger partial charge in [0.2, 0.25) is 0 Å². The summed E-state index contributed by atoms with van der Waals surface area (Å²) in [5, 5.41) is 10.7. The third-order valence-corrected chi connectivity index (χ3v) is 4.25. The van der Waals surface area contributed by atoms with E-state index in [4.69, 9.17) is 35.4 Å². The highest BCUT2D eigenvalue weighted by Crippen LogP contribution is 2.20. The molecule has 4 nitrogen and oxygen atoms in total. The third kappa shape index (κ3) is 4.69. The van der Waals surface area contributed by atoms with Crippen molar-refractivity contribution in [2.75, 3.05) is 10.6 Å². The fourth-order valence-corrected chi connectivity index (χ4v) is 2.82. The molecule has 0 atom stereocenters. The molecule has 0 unspecified atom stereocenters. The lowest BCUT2D eigenvalue weighted by atomic mass is 10.2.